The lowest BCUT2D eigenvalue weighted by Crippen LogP contribution is -2.12. The molecule has 84 valence electrons. The van der Waals surface area contributed by atoms with Crippen LogP contribution in [0.2, 0.25) is 0 Å². The quantitative estimate of drug-likeness (QED) is 0.355. The molecule has 16 heavy (non-hydrogen) atoms. The van der Waals surface area contributed by atoms with E-state index in [0.717, 1.165) is 0 Å². The first-order valence-corrected chi connectivity index (χ1v) is 4.51. The van der Waals surface area contributed by atoms with Crippen LogP contribution in [0.25, 0.3) is 0 Å². The van der Waals surface area contributed by atoms with E-state index < -0.39 is 17.9 Å². The number of aliphatic carboxylic acids is 1. The summed E-state index contributed by atoms with van der Waals surface area (Å²) in [5.41, 5.74) is 0.346. The molecule has 1 aromatic rings. The Kier molecular flexibility index (Phi) is 3.77. The zero-order valence-electron chi connectivity index (χ0n) is 8.54. The molecule has 1 aromatic carbocycles. The Balaban J connectivity index is 2.89. The zero-order chi connectivity index (χ0) is 12.1. The normalized spacial score (nSPS) is 11.6. The minimum Gasteiger partial charge on any atom is -0.480 e. The van der Waals surface area contributed by atoms with Crippen molar-refractivity contribution in [3.8, 4) is 5.75 Å². The molecular formula is C11H10O5. The predicted molar refractivity (Wildman–Crippen MR) is 54.2 cm³/mol. The summed E-state index contributed by atoms with van der Waals surface area (Å²) in [5, 5.41) is 8.72. The van der Waals surface area contributed by atoms with Crippen LogP contribution in [0.15, 0.2) is 24.3 Å². The van der Waals surface area contributed by atoms with Gasteiger partial charge in [0.1, 0.15) is 18.0 Å². The standard InChI is InChI=1S/C11H10O5/c1-7(13)16-9-4-2-8(3-5-9)10(6-12)11(14)15/h2-6,10H,1H3,(H,14,15). The number of esters is 1. The van der Waals surface area contributed by atoms with Gasteiger partial charge in [-0.3, -0.25) is 9.59 Å². The first-order chi connectivity index (χ1) is 7.54. The summed E-state index contributed by atoms with van der Waals surface area (Å²) >= 11 is 0. The van der Waals surface area contributed by atoms with Gasteiger partial charge in [-0.1, -0.05) is 12.1 Å². The predicted octanol–water partition coefficient (Wildman–Crippen LogP) is 0.979. The number of benzene rings is 1. The van der Waals surface area contributed by atoms with Gasteiger partial charge < -0.3 is 14.6 Å². The lowest BCUT2D eigenvalue weighted by molar-refractivity contribution is -0.140. The van der Waals surface area contributed by atoms with Gasteiger partial charge in [-0.05, 0) is 17.7 Å². The van der Waals surface area contributed by atoms with Gasteiger partial charge in [-0.25, -0.2) is 0 Å². The van der Waals surface area contributed by atoms with Crippen molar-refractivity contribution >= 4 is 18.2 Å². The van der Waals surface area contributed by atoms with Crippen LogP contribution in [0.5, 0.6) is 5.75 Å². The summed E-state index contributed by atoms with van der Waals surface area (Å²) in [6.45, 7) is 1.26. The smallest absolute Gasteiger partial charge is 0.318 e. The monoisotopic (exact) mass is 222 g/mol. The molecule has 0 aliphatic heterocycles. The summed E-state index contributed by atoms with van der Waals surface area (Å²) in [7, 11) is 0. The summed E-state index contributed by atoms with van der Waals surface area (Å²) < 4.78 is 4.77. The molecule has 0 amide bonds. The van der Waals surface area contributed by atoms with Gasteiger partial charge in [0.05, 0.1) is 0 Å². The highest BCUT2D eigenvalue weighted by Crippen LogP contribution is 2.18. The maximum Gasteiger partial charge on any atom is 0.318 e. The number of carbonyl (C=O) groups is 3. The maximum atomic E-state index is 10.7. The molecule has 1 N–H and O–H groups in total. The lowest BCUT2D eigenvalue weighted by Gasteiger charge is -2.06. The largest absolute Gasteiger partial charge is 0.480 e. The molecular weight excluding hydrogens is 212 g/mol. The number of rotatable bonds is 4. The molecule has 0 radical (unpaired) electrons. The molecule has 0 bridgehead atoms. The van der Waals surface area contributed by atoms with Gasteiger partial charge in [-0.15, -0.1) is 0 Å². The van der Waals surface area contributed by atoms with E-state index in [4.69, 9.17) is 9.84 Å². The summed E-state index contributed by atoms with van der Waals surface area (Å²) in [4.78, 5) is 31.8. The van der Waals surface area contributed by atoms with Crippen LogP contribution < -0.4 is 4.74 Å². The Hall–Kier alpha value is -2.17. The fourth-order valence-electron chi connectivity index (χ4n) is 1.19. The topological polar surface area (TPSA) is 80.7 Å². The van der Waals surface area contributed by atoms with Crippen molar-refractivity contribution in [2.24, 2.45) is 0 Å². The van der Waals surface area contributed by atoms with Crippen molar-refractivity contribution in [2.75, 3.05) is 0 Å². The molecule has 0 aliphatic carbocycles. The van der Waals surface area contributed by atoms with Crippen molar-refractivity contribution in [1.82, 2.24) is 0 Å². The highest BCUT2D eigenvalue weighted by Gasteiger charge is 2.18. The van der Waals surface area contributed by atoms with Crippen LogP contribution >= 0.6 is 0 Å². The average molecular weight is 222 g/mol. The molecule has 0 heterocycles. The summed E-state index contributed by atoms with van der Waals surface area (Å²) in [6, 6.07) is 5.75. The molecule has 0 saturated heterocycles. The van der Waals surface area contributed by atoms with E-state index >= 15 is 0 Å². The molecule has 1 atom stereocenters. The van der Waals surface area contributed by atoms with Gasteiger partial charge in [0.2, 0.25) is 0 Å². The molecule has 0 saturated carbocycles. The Labute approximate surface area is 91.6 Å². The third-order valence-electron chi connectivity index (χ3n) is 1.90. The number of hydrogen-bond donors (Lipinski definition) is 1. The number of carbonyl (C=O) groups excluding carboxylic acids is 2. The van der Waals surface area contributed by atoms with Crippen molar-refractivity contribution < 1.29 is 24.2 Å². The fraction of sp³-hybridized carbons (Fsp3) is 0.182. The fourth-order valence-corrected chi connectivity index (χ4v) is 1.19. The first-order valence-electron chi connectivity index (χ1n) is 4.51. The molecule has 0 fully saturated rings. The SMILES string of the molecule is CC(=O)Oc1ccc(C(C=O)C(=O)O)cc1. The molecule has 5 heteroatoms. The maximum absolute atomic E-state index is 10.7. The number of carboxylic acids is 1. The average Bonchev–Trinajstić information content (AvgIpc) is 2.20. The van der Waals surface area contributed by atoms with Crippen LogP contribution in [0.4, 0.5) is 0 Å². The molecule has 0 spiro atoms. The van der Waals surface area contributed by atoms with Gasteiger partial charge in [0, 0.05) is 6.92 Å². The zero-order valence-corrected chi connectivity index (χ0v) is 8.54. The van der Waals surface area contributed by atoms with Gasteiger partial charge >= 0.3 is 11.9 Å². The van der Waals surface area contributed by atoms with Crippen LogP contribution in [0.3, 0.4) is 0 Å². The van der Waals surface area contributed by atoms with Crippen LogP contribution in [-0.2, 0) is 14.4 Å². The molecule has 1 rings (SSSR count). The number of carboxylic acid groups (broad SMARTS) is 1. The van der Waals surface area contributed by atoms with E-state index in [0.29, 0.717) is 17.6 Å². The van der Waals surface area contributed by atoms with E-state index in [1.165, 1.54) is 31.2 Å². The van der Waals surface area contributed by atoms with Crippen molar-refractivity contribution in [3.05, 3.63) is 29.8 Å². The van der Waals surface area contributed by atoms with Crippen LogP contribution in [0.1, 0.15) is 18.4 Å². The van der Waals surface area contributed by atoms with Crippen molar-refractivity contribution in [1.29, 1.82) is 0 Å². The highest BCUT2D eigenvalue weighted by molar-refractivity contribution is 5.92. The van der Waals surface area contributed by atoms with Crippen molar-refractivity contribution in [3.63, 3.8) is 0 Å². The number of hydrogen-bond acceptors (Lipinski definition) is 4. The van der Waals surface area contributed by atoms with E-state index in [1.807, 2.05) is 0 Å². The Morgan fingerprint density at radius 1 is 1.31 bits per heavy atom. The number of ether oxygens (including phenoxy) is 1. The third kappa shape index (κ3) is 2.91. The minimum atomic E-state index is -1.21. The molecule has 0 aliphatic rings. The Bertz CT molecular complexity index is 407. The van der Waals surface area contributed by atoms with E-state index in [1.54, 1.807) is 0 Å². The van der Waals surface area contributed by atoms with E-state index in [-0.39, 0.29) is 0 Å². The second kappa shape index (κ2) is 5.06. The van der Waals surface area contributed by atoms with Crippen molar-refractivity contribution in [2.45, 2.75) is 12.8 Å². The highest BCUT2D eigenvalue weighted by atomic mass is 16.5. The first kappa shape index (κ1) is 11.9. The molecule has 1 unspecified atom stereocenters. The molecule has 0 aromatic heterocycles. The van der Waals surface area contributed by atoms with E-state index in [9.17, 15) is 14.4 Å². The number of aldehydes is 1. The Morgan fingerprint density at radius 3 is 2.25 bits per heavy atom. The van der Waals surface area contributed by atoms with Crippen LogP contribution in [-0.4, -0.2) is 23.3 Å². The van der Waals surface area contributed by atoms with E-state index in [2.05, 4.69) is 0 Å². The Morgan fingerprint density at radius 2 is 1.88 bits per heavy atom. The summed E-state index contributed by atoms with van der Waals surface area (Å²) in [6.07, 6.45) is 0.350. The summed E-state index contributed by atoms with van der Waals surface area (Å²) in [5.74, 6) is -2.55. The second-order valence-corrected chi connectivity index (χ2v) is 3.11. The van der Waals surface area contributed by atoms with Gasteiger partial charge in [0.25, 0.3) is 0 Å². The van der Waals surface area contributed by atoms with Crippen LogP contribution in [0, 0.1) is 0 Å². The third-order valence-corrected chi connectivity index (χ3v) is 1.90. The van der Waals surface area contributed by atoms with Gasteiger partial charge in [-0.2, -0.15) is 0 Å². The van der Waals surface area contributed by atoms with Gasteiger partial charge in [0.15, 0.2) is 0 Å². The minimum absolute atomic E-state index is 0.311. The lowest BCUT2D eigenvalue weighted by atomic mass is 10.0. The molecule has 5 nitrogen and oxygen atoms in total. The second-order valence-electron chi connectivity index (χ2n) is 3.11.